The van der Waals surface area contributed by atoms with Gasteiger partial charge in [-0.25, -0.2) is 4.98 Å². The average molecular weight is 273 g/mol. The number of fused-ring (bicyclic) bond motifs is 1. The average Bonchev–Trinajstić information content (AvgIpc) is 2.42. The van der Waals surface area contributed by atoms with Gasteiger partial charge in [0.05, 0.1) is 0 Å². The van der Waals surface area contributed by atoms with Crippen molar-refractivity contribution in [2.75, 3.05) is 5.73 Å². The molecular formula is C15H19N3S. The van der Waals surface area contributed by atoms with E-state index in [9.17, 15) is 0 Å². The summed E-state index contributed by atoms with van der Waals surface area (Å²) in [7, 11) is 0. The van der Waals surface area contributed by atoms with Crippen LogP contribution in [-0.4, -0.2) is 16.3 Å². The Bertz CT molecular complexity index is 577. The third kappa shape index (κ3) is 2.85. The van der Waals surface area contributed by atoms with E-state index in [-0.39, 0.29) is 0 Å². The number of hydrogen-bond donors (Lipinski definition) is 2. The molecule has 0 radical (unpaired) electrons. The van der Waals surface area contributed by atoms with Crippen LogP contribution >= 0.6 is 11.8 Å². The highest BCUT2D eigenvalue weighted by molar-refractivity contribution is 8.00. The van der Waals surface area contributed by atoms with Gasteiger partial charge in [0.2, 0.25) is 0 Å². The normalized spacial score (nSPS) is 23.6. The van der Waals surface area contributed by atoms with Gasteiger partial charge in [0.1, 0.15) is 5.82 Å². The fraction of sp³-hybridized carbons (Fsp3) is 0.400. The monoisotopic (exact) mass is 273 g/mol. The number of benzene rings is 1. The lowest BCUT2D eigenvalue weighted by atomic mass is 9.96. The predicted molar refractivity (Wildman–Crippen MR) is 82.2 cm³/mol. The number of aromatic nitrogens is 1. The van der Waals surface area contributed by atoms with Crippen molar-refractivity contribution in [2.45, 2.75) is 41.9 Å². The molecule has 0 unspecified atom stereocenters. The minimum absolute atomic E-state index is 0.416. The zero-order valence-corrected chi connectivity index (χ0v) is 11.7. The summed E-state index contributed by atoms with van der Waals surface area (Å²) in [5, 5.41) is 2.92. The lowest BCUT2D eigenvalue weighted by Crippen LogP contribution is -2.27. The number of nitrogens with two attached hydrogens (primary N) is 2. The van der Waals surface area contributed by atoms with Gasteiger partial charge in [-0.05, 0) is 55.3 Å². The second-order valence-electron chi connectivity index (χ2n) is 5.23. The molecule has 0 aliphatic heterocycles. The van der Waals surface area contributed by atoms with E-state index < -0.39 is 0 Å². The number of thioether (sulfide) groups is 1. The van der Waals surface area contributed by atoms with E-state index in [1.807, 2.05) is 17.8 Å². The van der Waals surface area contributed by atoms with Gasteiger partial charge < -0.3 is 11.5 Å². The SMILES string of the molecule is Nc1nccc2cc(S[C@H]3CC[C@@H](N)CC3)ccc12. The summed E-state index contributed by atoms with van der Waals surface area (Å²) in [4.78, 5) is 5.44. The first kappa shape index (κ1) is 12.8. The highest BCUT2D eigenvalue weighted by Crippen LogP contribution is 2.35. The Kier molecular flexibility index (Phi) is 3.62. The standard InChI is InChI=1S/C15H19N3S/c16-11-1-3-12(4-2-11)19-13-5-6-14-10(9-13)7-8-18-15(14)17/h5-9,11-12H,1-4,16H2,(H2,17,18)/t11-,12+. The van der Waals surface area contributed by atoms with E-state index in [4.69, 9.17) is 11.5 Å². The molecule has 0 amide bonds. The maximum atomic E-state index is 5.95. The van der Waals surface area contributed by atoms with Crippen molar-refractivity contribution in [3.05, 3.63) is 30.5 Å². The summed E-state index contributed by atoms with van der Waals surface area (Å²) >= 11 is 1.97. The minimum atomic E-state index is 0.416. The molecule has 100 valence electrons. The van der Waals surface area contributed by atoms with Gasteiger partial charge in [0, 0.05) is 27.8 Å². The molecule has 1 fully saturated rings. The van der Waals surface area contributed by atoms with E-state index in [1.54, 1.807) is 6.20 Å². The summed E-state index contributed by atoms with van der Waals surface area (Å²) in [6.45, 7) is 0. The van der Waals surface area contributed by atoms with Crippen molar-refractivity contribution >= 4 is 28.4 Å². The fourth-order valence-corrected chi connectivity index (χ4v) is 3.89. The Hall–Kier alpha value is -1.26. The number of pyridine rings is 1. The first-order valence-corrected chi connectivity index (χ1v) is 7.67. The van der Waals surface area contributed by atoms with Crippen LogP contribution in [0.4, 0.5) is 5.82 Å². The molecule has 1 saturated carbocycles. The van der Waals surface area contributed by atoms with Crippen LogP contribution in [0.25, 0.3) is 10.8 Å². The van der Waals surface area contributed by atoms with Crippen LogP contribution in [0.2, 0.25) is 0 Å². The molecule has 19 heavy (non-hydrogen) atoms. The Labute approximate surface area is 117 Å². The zero-order valence-electron chi connectivity index (χ0n) is 10.9. The number of nitrogen functional groups attached to an aromatic ring is 1. The van der Waals surface area contributed by atoms with Crippen LogP contribution in [0.5, 0.6) is 0 Å². The molecule has 4 N–H and O–H groups in total. The Morgan fingerprint density at radius 2 is 1.89 bits per heavy atom. The molecule has 0 atom stereocenters. The molecule has 1 aliphatic carbocycles. The molecule has 0 saturated heterocycles. The largest absolute Gasteiger partial charge is 0.383 e. The van der Waals surface area contributed by atoms with E-state index in [0.717, 1.165) is 18.2 Å². The highest BCUT2D eigenvalue weighted by atomic mass is 32.2. The molecule has 2 aromatic rings. The number of anilines is 1. The predicted octanol–water partition coefficient (Wildman–Crippen LogP) is 3.18. The quantitative estimate of drug-likeness (QED) is 0.882. The Balaban J connectivity index is 1.78. The van der Waals surface area contributed by atoms with Gasteiger partial charge >= 0.3 is 0 Å². The molecular weight excluding hydrogens is 254 g/mol. The molecule has 1 aliphatic rings. The van der Waals surface area contributed by atoms with Crippen LogP contribution in [-0.2, 0) is 0 Å². The smallest absolute Gasteiger partial charge is 0.131 e. The van der Waals surface area contributed by atoms with Gasteiger partial charge in [0.25, 0.3) is 0 Å². The zero-order chi connectivity index (χ0) is 13.2. The fourth-order valence-electron chi connectivity index (χ4n) is 2.65. The van der Waals surface area contributed by atoms with Gasteiger partial charge in [0.15, 0.2) is 0 Å². The van der Waals surface area contributed by atoms with Crippen molar-refractivity contribution in [1.82, 2.24) is 4.98 Å². The summed E-state index contributed by atoms with van der Waals surface area (Å²) in [6.07, 6.45) is 6.53. The van der Waals surface area contributed by atoms with Crippen LogP contribution in [0, 0.1) is 0 Å². The Morgan fingerprint density at radius 3 is 2.68 bits per heavy atom. The maximum Gasteiger partial charge on any atom is 0.131 e. The van der Waals surface area contributed by atoms with E-state index in [0.29, 0.717) is 17.1 Å². The van der Waals surface area contributed by atoms with Crippen LogP contribution < -0.4 is 11.5 Å². The van der Waals surface area contributed by atoms with Gasteiger partial charge in [-0.15, -0.1) is 11.8 Å². The second kappa shape index (κ2) is 5.39. The summed E-state index contributed by atoms with van der Waals surface area (Å²) in [5.74, 6) is 0.609. The second-order valence-corrected chi connectivity index (χ2v) is 6.61. The highest BCUT2D eigenvalue weighted by Gasteiger charge is 2.19. The van der Waals surface area contributed by atoms with Crippen molar-refractivity contribution in [2.24, 2.45) is 5.73 Å². The van der Waals surface area contributed by atoms with Gasteiger partial charge in [-0.1, -0.05) is 0 Å². The molecule has 1 heterocycles. The summed E-state index contributed by atoms with van der Waals surface area (Å²) in [5.41, 5.74) is 11.8. The molecule has 1 aromatic heterocycles. The lowest BCUT2D eigenvalue weighted by molar-refractivity contribution is 0.451. The number of nitrogens with zero attached hydrogens (tertiary/aromatic N) is 1. The number of hydrogen-bond acceptors (Lipinski definition) is 4. The Morgan fingerprint density at radius 1 is 1.11 bits per heavy atom. The van der Waals surface area contributed by atoms with E-state index in [1.165, 1.54) is 23.1 Å². The maximum absolute atomic E-state index is 5.95. The summed E-state index contributed by atoms with van der Waals surface area (Å²) < 4.78 is 0. The lowest BCUT2D eigenvalue weighted by Gasteiger charge is -2.25. The number of rotatable bonds is 2. The molecule has 0 bridgehead atoms. The topological polar surface area (TPSA) is 64.9 Å². The van der Waals surface area contributed by atoms with Gasteiger partial charge in [-0.3, -0.25) is 0 Å². The third-order valence-electron chi connectivity index (χ3n) is 3.79. The van der Waals surface area contributed by atoms with Crippen molar-refractivity contribution in [3.63, 3.8) is 0 Å². The van der Waals surface area contributed by atoms with E-state index in [2.05, 4.69) is 23.2 Å². The van der Waals surface area contributed by atoms with E-state index >= 15 is 0 Å². The third-order valence-corrected chi connectivity index (χ3v) is 5.12. The first-order chi connectivity index (χ1) is 9.22. The van der Waals surface area contributed by atoms with Crippen molar-refractivity contribution < 1.29 is 0 Å². The van der Waals surface area contributed by atoms with Crippen LogP contribution in [0.3, 0.4) is 0 Å². The molecule has 3 nitrogen and oxygen atoms in total. The van der Waals surface area contributed by atoms with Crippen LogP contribution in [0.15, 0.2) is 35.4 Å². The molecule has 1 aromatic carbocycles. The van der Waals surface area contributed by atoms with Crippen molar-refractivity contribution in [3.8, 4) is 0 Å². The molecule has 0 spiro atoms. The molecule has 4 heteroatoms. The van der Waals surface area contributed by atoms with Gasteiger partial charge in [-0.2, -0.15) is 0 Å². The summed E-state index contributed by atoms with van der Waals surface area (Å²) in [6, 6.07) is 8.88. The van der Waals surface area contributed by atoms with Crippen molar-refractivity contribution in [1.29, 1.82) is 0 Å². The molecule has 3 rings (SSSR count). The first-order valence-electron chi connectivity index (χ1n) is 6.79. The minimum Gasteiger partial charge on any atom is -0.383 e. The van der Waals surface area contributed by atoms with Crippen LogP contribution in [0.1, 0.15) is 25.7 Å².